The Morgan fingerprint density at radius 3 is 2.65 bits per heavy atom. The van der Waals surface area contributed by atoms with Gasteiger partial charge in [0.2, 0.25) is 11.8 Å². The van der Waals surface area contributed by atoms with Crippen molar-refractivity contribution in [2.24, 2.45) is 5.41 Å². The van der Waals surface area contributed by atoms with E-state index in [-0.39, 0.29) is 46.2 Å². The maximum atomic E-state index is 16.1. The van der Waals surface area contributed by atoms with Gasteiger partial charge in [0.15, 0.2) is 0 Å². The Morgan fingerprint density at radius 1 is 1.21 bits per heavy atom. The number of methoxy groups -OCH3 is 1. The summed E-state index contributed by atoms with van der Waals surface area (Å²) in [5.41, 5.74) is -1.49. The Kier molecular flexibility index (Phi) is 8.01. The number of halogens is 3. The monoisotopic (exact) mass is 634 g/mol. The summed E-state index contributed by atoms with van der Waals surface area (Å²) in [7, 11) is 1.53. The summed E-state index contributed by atoms with van der Waals surface area (Å²) in [6.45, 7) is 4.36. The molecular formula is C31H37Cl2FN4O5. The predicted octanol–water partition coefficient (Wildman–Crippen LogP) is 4.09. The summed E-state index contributed by atoms with van der Waals surface area (Å²) >= 11 is 12.6. The van der Waals surface area contributed by atoms with Gasteiger partial charge < -0.3 is 25.2 Å². The summed E-state index contributed by atoms with van der Waals surface area (Å²) < 4.78 is 27.4. The van der Waals surface area contributed by atoms with Crippen LogP contribution in [0.1, 0.15) is 63.0 Å². The maximum Gasteiger partial charge on any atom is 0.238 e. The van der Waals surface area contributed by atoms with Gasteiger partial charge in [-0.15, -0.1) is 0 Å². The van der Waals surface area contributed by atoms with Crippen LogP contribution in [0.5, 0.6) is 0 Å². The molecule has 3 aliphatic heterocycles. The largest absolute Gasteiger partial charge is 0.394 e. The van der Waals surface area contributed by atoms with Gasteiger partial charge in [-0.05, 0) is 55.2 Å². The smallest absolute Gasteiger partial charge is 0.238 e. The molecule has 2 amide bonds. The van der Waals surface area contributed by atoms with Crippen molar-refractivity contribution in [2.45, 2.75) is 87.1 Å². The molecule has 1 aliphatic carbocycles. The third-order valence-electron chi connectivity index (χ3n) is 10.2. The number of aliphatic hydroxyl groups excluding tert-OH is 1. The second-order valence-corrected chi connectivity index (χ2v) is 13.8. The number of anilines is 1. The minimum Gasteiger partial charge on any atom is -0.394 e. The summed E-state index contributed by atoms with van der Waals surface area (Å²) in [5.74, 6) is -2.06. The quantitative estimate of drug-likeness (QED) is 0.366. The number of nitrogens with zero attached hydrogens (tertiary/aromatic N) is 1. The highest BCUT2D eigenvalue weighted by atomic mass is 35.5. The van der Waals surface area contributed by atoms with Crippen LogP contribution in [0.2, 0.25) is 10.2 Å². The first-order valence-electron chi connectivity index (χ1n) is 14.7. The van der Waals surface area contributed by atoms with Gasteiger partial charge in [-0.2, -0.15) is 0 Å². The van der Waals surface area contributed by atoms with E-state index in [9.17, 15) is 14.7 Å². The van der Waals surface area contributed by atoms with Crippen molar-refractivity contribution in [3.05, 3.63) is 57.5 Å². The van der Waals surface area contributed by atoms with Gasteiger partial charge in [0.1, 0.15) is 28.3 Å². The van der Waals surface area contributed by atoms with E-state index in [1.54, 1.807) is 24.3 Å². The number of nitrogens with one attached hydrogen (secondary N) is 3. The zero-order chi connectivity index (χ0) is 30.7. The first kappa shape index (κ1) is 30.7. The Hall–Kier alpha value is -2.34. The van der Waals surface area contributed by atoms with Crippen LogP contribution in [-0.4, -0.2) is 72.1 Å². The number of benzene rings is 1. The molecule has 4 aliphatic rings. The van der Waals surface area contributed by atoms with E-state index in [4.69, 9.17) is 32.7 Å². The lowest BCUT2D eigenvalue weighted by Gasteiger charge is -2.50. The van der Waals surface area contributed by atoms with E-state index in [0.29, 0.717) is 30.6 Å². The van der Waals surface area contributed by atoms with Crippen LogP contribution in [0.25, 0.3) is 0 Å². The third-order valence-corrected chi connectivity index (χ3v) is 10.7. The van der Waals surface area contributed by atoms with Gasteiger partial charge in [-0.3, -0.25) is 14.9 Å². The second kappa shape index (κ2) is 11.2. The molecule has 1 aromatic carbocycles. The molecule has 0 unspecified atom stereocenters. The minimum atomic E-state index is -1.38. The number of hydrogen-bond acceptors (Lipinski definition) is 7. The third kappa shape index (κ3) is 4.85. The molecule has 0 radical (unpaired) electrons. The molecule has 9 nitrogen and oxygen atoms in total. The van der Waals surface area contributed by atoms with Crippen LogP contribution in [0.15, 0.2) is 30.3 Å². The Labute approximate surface area is 260 Å². The number of hydrogen-bond donors (Lipinski definition) is 4. The molecule has 6 atom stereocenters. The lowest BCUT2D eigenvalue weighted by Crippen LogP contribution is -2.61. The van der Waals surface area contributed by atoms with Gasteiger partial charge in [0, 0.05) is 24.1 Å². The van der Waals surface area contributed by atoms with Crippen LogP contribution in [0.4, 0.5) is 10.2 Å². The van der Waals surface area contributed by atoms with Gasteiger partial charge >= 0.3 is 0 Å². The Morgan fingerprint density at radius 2 is 1.95 bits per heavy atom. The number of fused-ring (bicyclic) bond motifs is 3. The number of aromatic nitrogens is 1. The Balaban J connectivity index is 1.49. The molecule has 43 heavy (non-hydrogen) atoms. The van der Waals surface area contributed by atoms with E-state index in [2.05, 4.69) is 34.8 Å². The van der Waals surface area contributed by atoms with Gasteiger partial charge in [0.25, 0.3) is 0 Å². The van der Waals surface area contributed by atoms with Crippen molar-refractivity contribution in [1.82, 2.24) is 15.6 Å². The lowest BCUT2D eigenvalue weighted by molar-refractivity contribution is -0.134. The zero-order valence-corrected chi connectivity index (χ0v) is 25.9. The average molecular weight is 636 g/mol. The van der Waals surface area contributed by atoms with Crippen molar-refractivity contribution in [2.75, 3.05) is 25.6 Å². The maximum absolute atomic E-state index is 16.1. The number of pyridine rings is 1. The molecule has 2 aromatic rings. The van der Waals surface area contributed by atoms with E-state index >= 15 is 4.39 Å². The molecular weight excluding hydrogens is 598 g/mol. The van der Waals surface area contributed by atoms with E-state index in [1.807, 2.05) is 0 Å². The standard InChI is InChI=1S/C31H37Cl2FN4O5/c1-29(2)9-11-30(12-10-29)31(18-7-8-22(33)36-26(18)37-28(31)41)23(17-5-4-6-19(32)24(17)34)25(38-30)27(40)35-16-13-20(42-3)21(14-39)43-15-16/h4-8,16,20-21,23,25,38-39H,9-15H2,1-3H3,(H,35,40)(H,36,37,41)/t16-,20-,21-,23+,25-,31-/m1/s1. The molecule has 6 rings (SSSR count). The first-order valence-corrected chi connectivity index (χ1v) is 15.5. The topological polar surface area (TPSA) is 122 Å². The summed E-state index contributed by atoms with van der Waals surface area (Å²) in [6.07, 6.45) is 2.25. The number of amides is 2. The lowest BCUT2D eigenvalue weighted by atomic mass is 9.53. The Bertz CT molecular complexity index is 1430. The normalized spacial score (nSPS) is 32.5. The summed E-state index contributed by atoms with van der Waals surface area (Å²) in [6, 6.07) is 6.67. The van der Waals surface area contributed by atoms with Crippen molar-refractivity contribution in [3.63, 3.8) is 0 Å². The molecule has 2 spiro atoms. The highest BCUT2D eigenvalue weighted by Gasteiger charge is 2.73. The van der Waals surface area contributed by atoms with E-state index < -0.39 is 47.0 Å². The SMILES string of the molecule is CO[C@@H]1C[C@@H](NC(=O)[C@@H]2NC3(CCC(C)(C)CC3)[C@@]3(C(=O)Nc4nc(Cl)ccc43)[C@H]2c2cccc(Cl)c2F)CO[C@@H]1CO. The van der Waals surface area contributed by atoms with Crippen LogP contribution >= 0.6 is 23.2 Å². The number of ether oxygens (including phenoxy) is 2. The molecule has 4 N–H and O–H groups in total. The highest BCUT2D eigenvalue weighted by Crippen LogP contribution is 2.63. The number of carbonyl (C=O) groups is 2. The van der Waals surface area contributed by atoms with Crippen LogP contribution in [-0.2, 0) is 24.5 Å². The van der Waals surface area contributed by atoms with E-state index in [1.165, 1.54) is 13.2 Å². The molecule has 4 heterocycles. The van der Waals surface area contributed by atoms with Crippen molar-refractivity contribution in [1.29, 1.82) is 0 Å². The molecule has 1 aromatic heterocycles. The summed E-state index contributed by atoms with van der Waals surface area (Å²) in [4.78, 5) is 33.3. The molecule has 232 valence electrons. The number of carbonyl (C=O) groups excluding carboxylic acids is 2. The fraction of sp³-hybridized carbons (Fsp3) is 0.581. The summed E-state index contributed by atoms with van der Waals surface area (Å²) in [5, 5.41) is 19.4. The molecule has 12 heteroatoms. The molecule has 0 bridgehead atoms. The fourth-order valence-corrected chi connectivity index (χ4v) is 8.27. The van der Waals surface area contributed by atoms with Crippen LogP contribution < -0.4 is 16.0 Å². The highest BCUT2D eigenvalue weighted by molar-refractivity contribution is 6.31. The molecule has 3 fully saturated rings. The first-order chi connectivity index (χ1) is 20.5. The fourth-order valence-electron chi connectivity index (χ4n) is 7.94. The molecule has 2 saturated heterocycles. The number of rotatable bonds is 5. The minimum absolute atomic E-state index is 0.0271. The van der Waals surface area contributed by atoms with Crippen molar-refractivity contribution >= 4 is 40.8 Å². The number of aliphatic hydroxyl groups is 1. The van der Waals surface area contributed by atoms with Crippen LogP contribution in [0.3, 0.4) is 0 Å². The average Bonchev–Trinajstić information content (AvgIpc) is 3.44. The van der Waals surface area contributed by atoms with Crippen LogP contribution in [0, 0.1) is 11.2 Å². The van der Waals surface area contributed by atoms with E-state index in [0.717, 1.165) is 12.8 Å². The van der Waals surface area contributed by atoms with Gasteiger partial charge in [-0.25, -0.2) is 9.37 Å². The zero-order valence-electron chi connectivity index (χ0n) is 24.4. The predicted molar refractivity (Wildman–Crippen MR) is 160 cm³/mol. The second-order valence-electron chi connectivity index (χ2n) is 13.1. The van der Waals surface area contributed by atoms with Gasteiger partial charge in [0.05, 0.1) is 36.4 Å². The molecule has 1 saturated carbocycles. The van der Waals surface area contributed by atoms with Crippen molar-refractivity contribution < 1.29 is 28.6 Å². The van der Waals surface area contributed by atoms with Crippen molar-refractivity contribution in [3.8, 4) is 0 Å². The van der Waals surface area contributed by atoms with Gasteiger partial charge in [-0.1, -0.05) is 55.2 Å².